The number of amides is 5. The second kappa shape index (κ2) is 71.2. The highest BCUT2D eigenvalue weighted by Crippen LogP contribution is 2.24. The van der Waals surface area contributed by atoms with Gasteiger partial charge in [0.15, 0.2) is 11.6 Å². The van der Waals surface area contributed by atoms with Crippen LogP contribution in [0.4, 0.5) is 0 Å². The summed E-state index contributed by atoms with van der Waals surface area (Å²) in [6.07, 6.45) is 30.7. The Hall–Kier alpha value is -6.47. The zero-order chi connectivity index (χ0) is 78.3. The zero-order valence-corrected chi connectivity index (χ0v) is 64.9. The van der Waals surface area contributed by atoms with Gasteiger partial charge in [-0.2, -0.15) is 0 Å². The molecule has 0 fully saturated rings. The standard InChI is InChI=1S/C78H135N7O22.2H2/c1-63(85-73(92)38-37-67-57-79-62-84-67)70(89)56-66(30-24-26-40-81-74(93)59-105-52-48-101-44-28-33-69(88)58-104-51-49-102-45-41-82-72(91)34-20-16-12-8-4-6-10-14-18-22-36-78(98)99)71(90)55-65(64(2)86)29-23-25-39-80-75(94)60-107-54-50-103-46-42-83-76(95)61-106-53-47-100-43-27-32-68(87)31-19-15-11-7-3-5-9-13-17-21-35-77(96)97;;/h57,62-63,65-66H,3-56,58-61H2,1-2H3,(H,79,84)(H,80,94)(H,81,93)(H,82,91)(H,83,95)(H,85,92)(H,96,97)(H,98,99);2*1H/t63-,65+,66+;;/m0../s1. The minimum absolute atomic E-state index is 0. The fourth-order valence-electron chi connectivity index (χ4n) is 11.5. The second-order valence-corrected chi connectivity index (χ2v) is 27.4. The fourth-order valence-corrected chi connectivity index (χ4v) is 11.5. The molecule has 1 aromatic heterocycles. The van der Waals surface area contributed by atoms with Gasteiger partial charge in [0.05, 0.1) is 78.4 Å². The first-order chi connectivity index (χ1) is 51.9. The first-order valence-corrected chi connectivity index (χ1v) is 39.8. The number of aryl methyl sites for hydroxylation is 1. The number of aliphatic carboxylic acids is 2. The van der Waals surface area contributed by atoms with E-state index in [1.54, 1.807) is 13.1 Å². The molecule has 0 bridgehead atoms. The Morgan fingerprint density at radius 1 is 0.374 bits per heavy atom. The van der Waals surface area contributed by atoms with E-state index in [-0.39, 0.29) is 179 Å². The summed E-state index contributed by atoms with van der Waals surface area (Å²) in [5.74, 6) is -4.64. The fraction of sp³-hybridized carbons (Fsp3) is 0.808. The van der Waals surface area contributed by atoms with Crippen LogP contribution >= 0.6 is 0 Å². The molecule has 1 rings (SSSR count). The van der Waals surface area contributed by atoms with Gasteiger partial charge in [0, 0.05) is 124 Å². The van der Waals surface area contributed by atoms with Crippen LogP contribution in [0.2, 0.25) is 0 Å². The van der Waals surface area contributed by atoms with Gasteiger partial charge in [-0.05, 0) is 84.5 Å². The Morgan fingerprint density at radius 3 is 1.20 bits per heavy atom. The molecule has 0 aromatic carbocycles. The number of carbonyl (C=O) groups is 12. The average molecular weight is 1530 g/mol. The van der Waals surface area contributed by atoms with Crippen LogP contribution in [0.5, 0.6) is 0 Å². The van der Waals surface area contributed by atoms with Gasteiger partial charge in [-0.25, -0.2) is 4.98 Å². The van der Waals surface area contributed by atoms with Gasteiger partial charge in [-0.1, -0.05) is 116 Å². The van der Waals surface area contributed by atoms with Gasteiger partial charge in [-0.15, -0.1) is 0 Å². The number of ketones is 5. The number of carbonyl (C=O) groups excluding carboxylic acids is 10. The van der Waals surface area contributed by atoms with Crippen LogP contribution in [0.3, 0.4) is 0 Å². The van der Waals surface area contributed by atoms with Gasteiger partial charge in [0.2, 0.25) is 29.5 Å². The van der Waals surface area contributed by atoms with Gasteiger partial charge in [-0.3, -0.25) is 57.5 Å². The topological polar surface area (TPSA) is 408 Å². The number of unbranched alkanes of at least 4 members (excludes halogenated alkanes) is 20. The summed E-state index contributed by atoms with van der Waals surface area (Å²) >= 11 is 0. The van der Waals surface area contributed by atoms with Gasteiger partial charge >= 0.3 is 11.9 Å². The summed E-state index contributed by atoms with van der Waals surface area (Å²) in [4.78, 5) is 155. The molecule has 0 aliphatic rings. The van der Waals surface area contributed by atoms with Crippen molar-refractivity contribution in [3.63, 3.8) is 0 Å². The lowest BCUT2D eigenvalue weighted by molar-refractivity contribution is -0.138. The molecule has 107 heavy (non-hydrogen) atoms. The number of aromatic nitrogens is 2. The molecule has 5 amide bonds. The third-order valence-corrected chi connectivity index (χ3v) is 17.8. The van der Waals surface area contributed by atoms with Crippen molar-refractivity contribution < 1.29 is 108 Å². The van der Waals surface area contributed by atoms with E-state index in [0.717, 1.165) is 102 Å². The van der Waals surface area contributed by atoms with E-state index in [4.69, 9.17) is 48.1 Å². The number of hydrogen-bond donors (Lipinski definition) is 8. The van der Waals surface area contributed by atoms with Crippen molar-refractivity contribution in [2.45, 2.75) is 264 Å². The predicted octanol–water partition coefficient (Wildman–Crippen LogP) is 9.25. The van der Waals surface area contributed by atoms with Crippen molar-refractivity contribution >= 4 is 70.4 Å². The number of carboxylic acid groups (broad SMARTS) is 2. The number of imidazole rings is 1. The first-order valence-electron chi connectivity index (χ1n) is 39.8. The van der Waals surface area contributed by atoms with E-state index in [2.05, 4.69) is 36.6 Å². The van der Waals surface area contributed by atoms with Crippen molar-refractivity contribution in [3.05, 3.63) is 18.2 Å². The number of nitrogens with zero attached hydrogens (tertiary/aromatic N) is 1. The highest BCUT2D eigenvalue weighted by Gasteiger charge is 2.29. The Bertz CT molecular complexity index is 2540. The van der Waals surface area contributed by atoms with Crippen LogP contribution < -0.4 is 26.6 Å². The summed E-state index contributed by atoms with van der Waals surface area (Å²) in [5.41, 5.74) is 0.772. The highest BCUT2D eigenvalue weighted by molar-refractivity contribution is 5.94. The maximum absolute atomic E-state index is 14.0. The first kappa shape index (κ1) is 98.5. The highest BCUT2D eigenvalue weighted by atomic mass is 16.5. The van der Waals surface area contributed by atoms with E-state index in [9.17, 15) is 57.5 Å². The molecule has 1 heterocycles. The van der Waals surface area contributed by atoms with E-state index in [1.165, 1.54) is 45.4 Å². The predicted molar refractivity (Wildman–Crippen MR) is 407 cm³/mol. The van der Waals surface area contributed by atoms with Gasteiger partial charge in [0.25, 0.3) is 0 Å². The minimum atomic E-state index is -0.861. The molecule has 3 atom stereocenters. The molecule has 0 saturated carbocycles. The van der Waals surface area contributed by atoms with Gasteiger partial charge < -0.3 is 79.7 Å². The lowest BCUT2D eigenvalue weighted by Gasteiger charge is -2.21. The third kappa shape index (κ3) is 66.3. The van der Waals surface area contributed by atoms with Crippen LogP contribution in [0.1, 0.15) is 260 Å². The number of ether oxygens (including phenoxy) is 8. The van der Waals surface area contributed by atoms with Crippen molar-refractivity contribution in [1.29, 1.82) is 0 Å². The van der Waals surface area contributed by atoms with Gasteiger partial charge in [0.1, 0.15) is 43.8 Å². The summed E-state index contributed by atoms with van der Waals surface area (Å²) in [7, 11) is 0. The largest absolute Gasteiger partial charge is 0.481 e. The monoisotopic (exact) mass is 1530 g/mol. The number of H-pyrrole nitrogens is 1. The molecular weight excluding hydrogens is 1390 g/mol. The zero-order valence-electron chi connectivity index (χ0n) is 64.9. The molecule has 8 N–H and O–H groups in total. The van der Waals surface area contributed by atoms with Crippen LogP contribution in [-0.2, 0) is 102 Å². The van der Waals surface area contributed by atoms with Crippen molar-refractivity contribution in [3.8, 4) is 0 Å². The number of nitrogens with one attached hydrogen (secondary N) is 6. The number of rotatable bonds is 81. The van der Waals surface area contributed by atoms with Crippen molar-refractivity contribution in [2.75, 3.05) is 132 Å². The molecule has 29 heteroatoms. The summed E-state index contributed by atoms with van der Waals surface area (Å²) in [5, 5.41) is 31.3. The van der Waals surface area contributed by atoms with E-state index in [1.807, 2.05) is 0 Å². The lowest BCUT2D eigenvalue weighted by Crippen LogP contribution is -2.40. The molecular formula is C78H139N7O22. The molecule has 29 nitrogen and oxygen atoms in total. The molecule has 0 saturated heterocycles. The Labute approximate surface area is 638 Å². The Morgan fingerprint density at radius 2 is 0.748 bits per heavy atom. The number of carboxylic acids is 2. The average Bonchev–Trinajstić information content (AvgIpc) is 1.28. The number of hydrogen-bond acceptors (Lipinski definition) is 21. The molecule has 0 aliphatic heterocycles. The van der Waals surface area contributed by atoms with Crippen LogP contribution in [0, 0.1) is 11.8 Å². The van der Waals surface area contributed by atoms with E-state index >= 15 is 0 Å². The lowest BCUT2D eigenvalue weighted by atomic mass is 9.83. The van der Waals surface area contributed by atoms with Crippen LogP contribution in [-0.4, -0.2) is 229 Å². The van der Waals surface area contributed by atoms with Crippen molar-refractivity contribution in [2.24, 2.45) is 11.8 Å². The molecule has 0 radical (unpaired) electrons. The van der Waals surface area contributed by atoms with Crippen LogP contribution in [0.15, 0.2) is 12.5 Å². The molecule has 0 unspecified atom stereocenters. The molecule has 0 spiro atoms. The second-order valence-electron chi connectivity index (χ2n) is 27.4. The van der Waals surface area contributed by atoms with Crippen LogP contribution in [0.25, 0.3) is 0 Å². The smallest absolute Gasteiger partial charge is 0.303 e. The van der Waals surface area contributed by atoms with E-state index in [0.29, 0.717) is 130 Å². The summed E-state index contributed by atoms with van der Waals surface area (Å²) < 4.78 is 43.7. The maximum atomic E-state index is 14.0. The maximum Gasteiger partial charge on any atom is 0.303 e. The quantitative estimate of drug-likeness (QED) is 0.0281. The SMILES string of the molecule is CC(=O)[C@H](CCCCNC(=O)COCCOCCNC(=O)COCCOCCCC(=O)CCCCCCCCCCCCC(=O)O)CC(=O)[C@H](CCCCNC(=O)COCCOCCCC(=O)COCCOCCNC(=O)CCCCCCCCCCCCC(=O)O)CC(=O)[C@H](C)NC(=O)CCc1cnc[nH]1.[HH].[HH]. The molecule has 1 aromatic rings. The van der Waals surface area contributed by atoms with Crippen molar-refractivity contribution in [1.82, 2.24) is 36.6 Å². The molecule has 618 valence electrons. The normalized spacial score (nSPS) is 12.1. The summed E-state index contributed by atoms with van der Waals surface area (Å²) in [6.45, 7) is 6.92. The third-order valence-electron chi connectivity index (χ3n) is 17.8. The Kier molecular flexibility index (Phi) is 65.5. The number of Topliss-reactive ketones (excluding diaryl/α,β-unsaturated/α-hetero) is 5. The summed E-state index contributed by atoms with van der Waals surface area (Å²) in [6, 6.07) is -0.861. The molecule has 0 aliphatic carbocycles. The number of aromatic amines is 1. The minimum Gasteiger partial charge on any atom is -0.481 e. The van der Waals surface area contributed by atoms with E-state index < -0.39 is 29.8 Å². The Balaban J connectivity index is 0.